The number of hydrogen-bond acceptors (Lipinski definition) is 3. The van der Waals surface area contributed by atoms with E-state index < -0.39 is 0 Å². The second kappa shape index (κ2) is 14.5. The van der Waals surface area contributed by atoms with Crippen molar-refractivity contribution in [1.82, 2.24) is 10.6 Å². The summed E-state index contributed by atoms with van der Waals surface area (Å²) in [7, 11) is 6.61. The third-order valence-electron chi connectivity index (χ3n) is 1.45. The molecule has 16 heavy (non-hydrogen) atoms. The average molecular weight is 398 g/mol. The maximum atomic E-state index is 10.6. The van der Waals surface area contributed by atoms with E-state index in [1.165, 1.54) is 0 Å². The molecule has 0 aromatic rings. The molecule has 0 fully saturated rings. The summed E-state index contributed by atoms with van der Waals surface area (Å²) in [6, 6.07) is 0. The zero-order chi connectivity index (χ0) is 12.3. The van der Waals surface area contributed by atoms with Gasteiger partial charge in [0.25, 0.3) is 0 Å². The van der Waals surface area contributed by atoms with E-state index >= 15 is 0 Å². The zero-order valence-corrected chi connectivity index (χ0v) is 13.2. The molecule has 5 nitrogen and oxygen atoms in total. The van der Waals surface area contributed by atoms with Crippen molar-refractivity contribution >= 4 is 11.7 Å². The van der Waals surface area contributed by atoms with Crippen molar-refractivity contribution in [3.8, 4) is 0 Å². The molecular weight excluding hydrogens is 376 g/mol. The first-order valence-corrected chi connectivity index (χ1v) is 4.72. The van der Waals surface area contributed by atoms with Gasteiger partial charge in [-0.1, -0.05) is 6.92 Å². The first-order chi connectivity index (χ1) is 6.97. The normalized spacial score (nSPS) is 11.6. The van der Waals surface area contributed by atoms with Gasteiger partial charge in [-0.05, 0) is 25.2 Å². The summed E-state index contributed by atoms with van der Waals surface area (Å²) in [5.41, 5.74) is 5.39. The standard InChI is InChI=1S/C8H16N3O.C2H6N.W/c1-6(4-7(2)12)5-11-8(9)10-3;1-3-2;/h6H,2,4-5H2,1,3H3,(H3,9,10,11);3H,1H2,2H3;/q2*-1;+2. The molecule has 0 saturated carbocycles. The number of rotatable bonds is 4. The summed E-state index contributed by atoms with van der Waals surface area (Å²) in [6.45, 7) is 5.91. The van der Waals surface area contributed by atoms with Crippen LogP contribution in [0.1, 0.15) is 13.3 Å². The molecule has 94 valence electrons. The Kier molecular flexibility index (Phi) is 18.8. The van der Waals surface area contributed by atoms with Crippen LogP contribution < -0.4 is 16.4 Å². The van der Waals surface area contributed by atoms with Gasteiger partial charge >= 0.3 is 21.1 Å². The molecule has 0 aliphatic heterocycles. The molecule has 0 saturated heterocycles. The molecule has 0 aliphatic carbocycles. The Bertz CT molecular complexity index is 197. The predicted octanol–water partition coefficient (Wildman–Crippen LogP) is -0.0552. The van der Waals surface area contributed by atoms with Crippen molar-refractivity contribution in [2.75, 3.05) is 20.6 Å². The van der Waals surface area contributed by atoms with Crippen LogP contribution in [0.3, 0.4) is 0 Å². The SMILES string of the molecule is [CH2-]C(=O)CC(C)CNC(N)=NC.[CH2-]NC.[W+2]. The molecule has 0 radical (unpaired) electrons. The van der Waals surface area contributed by atoms with Gasteiger partial charge in [0.05, 0.1) is 0 Å². The van der Waals surface area contributed by atoms with Gasteiger partial charge in [-0.3, -0.25) is 12.0 Å². The first kappa shape index (κ1) is 20.8. The van der Waals surface area contributed by atoms with Crippen LogP contribution in [0, 0.1) is 19.9 Å². The molecule has 4 N–H and O–H groups in total. The third kappa shape index (κ3) is 19.1. The van der Waals surface area contributed by atoms with E-state index in [0.717, 1.165) is 0 Å². The van der Waals surface area contributed by atoms with Crippen molar-refractivity contribution in [3.05, 3.63) is 14.0 Å². The number of aliphatic imine (C=N–C) groups is 1. The Labute approximate surface area is 113 Å². The van der Waals surface area contributed by atoms with E-state index in [4.69, 9.17) is 5.73 Å². The third-order valence-corrected chi connectivity index (χ3v) is 1.45. The Morgan fingerprint density at radius 2 is 2.00 bits per heavy atom. The van der Waals surface area contributed by atoms with Gasteiger partial charge in [-0.15, -0.1) is 0 Å². The number of hydrogen-bond donors (Lipinski definition) is 3. The van der Waals surface area contributed by atoms with E-state index in [9.17, 15) is 4.79 Å². The number of carbonyl (C=O) groups excluding carboxylic acids is 1. The Balaban J connectivity index is -0.000000377. The van der Waals surface area contributed by atoms with Gasteiger partial charge in [-0.2, -0.15) is 0 Å². The van der Waals surface area contributed by atoms with Gasteiger partial charge in [0, 0.05) is 13.6 Å². The topological polar surface area (TPSA) is 79.5 Å². The van der Waals surface area contributed by atoms with Crippen molar-refractivity contribution in [3.63, 3.8) is 0 Å². The fourth-order valence-corrected chi connectivity index (χ4v) is 0.819. The summed E-state index contributed by atoms with van der Waals surface area (Å²) < 4.78 is 0. The summed E-state index contributed by atoms with van der Waals surface area (Å²) in [5.74, 6) is 0.602. The number of guanidine groups is 1. The number of carbonyl (C=O) groups is 1. The molecule has 0 bridgehead atoms. The van der Waals surface area contributed by atoms with Crippen LogP contribution in [0.4, 0.5) is 0 Å². The van der Waals surface area contributed by atoms with Crippen LogP contribution in [0.15, 0.2) is 4.99 Å². The van der Waals surface area contributed by atoms with E-state index in [1.807, 2.05) is 6.92 Å². The number of nitrogens with one attached hydrogen (secondary N) is 2. The fraction of sp³-hybridized carbons (Fsp3) is 0.600. The molecule has 0 heterocycles. The summed E-state index contributed by atoms with van der Waals surface area (Å²) in [4.78, 5) is 14.3. The van der Waals surface area contributed by atoms with Crippen LogP contribution >= 0.6 is 0 Å². The summed E-state index contributed by atoms with van der Waals surface area (Å²) in [5, 5.41) is 5.39. The zero-order valence-electron chi connectivity index (χ0n) is 10.2. The van der Waals surface area contributed by atoms with E-state index in [2.05, 4.69) is 29.6 Å². The Morgan fingerprint density at radius 1 is 1.56 bits per heavy atom. The molecule has 0 aliphatic rings. The van der Waals surface area contributed by atoms with Crippen molar-refractivity contribution < 1.29 is 25.9 Å². The molecule has 0 aromatic heterocycles. The molecular formula is C10H22N4OW. The fourth-order valence-electron chi connectivity index (χ4n) is 0.819. The van der Waals surface area contributed by atoms with Gasteiger partial charge < -0.3 is 28.1 Å². The summed E-state index contributed by atoms with van der Waals surface area (Å²) >= 11 is 0. The van der Waals surface area contributed by atoms with Crippen LogP contribution in [-0.2, 0) is 25.9 Å². The van der Waals surface area contributed by atoms with E-state index in [1.54, 1.807) is 14.1 Å². The number of ketones is 1. The minimum atomic E-state index is -0.0451. The predicted molar refractivity (Wildman–Crippen MR) is 64.1 cm³/mol. The maximum Gasteiger partial charge on any atom is 2.00 e. The van der Waals surface area contributed by atoms with E-state index in [0.29, 0.717) is 18.9 Å². The molecule has 1 atom stereocenters. The van der Waals surface area contributed by atoms with Crippen molar-refractivity contribution in [2.45, 2.75) is 13.3 Å². The maximum absolute atomic E-state index is 10.6. The molecule has 6 heteroatoms. The smallest absolute Gasteiger partial charge is 0.475 e. The van der Waals surface area contributed by atoms with Gasteiger partial charge in [0.1, 0.15) is 0 Å². The quantitative estimate of drug-likeness (QED) is 0.353. The van der Waals surface area contributed by atoms with Crippen LogP contribution in [0.2, 0.25) is 0 Å². The molecule has 0 spiro atoms. The number of nitrogens with two attached hydrogens (primary N) is 1. The van der Waals surface area contributed by atoms with Gasteiger partial charge in [0.15, 0.2) is 5.96 Å². The Hall–Kier alpha value is -0.542. The van der Waals surface area contributed by atoms with Gasteiger partial charge in [-0.25, -0.2) is 0 Å². The van der Waals surface area contributed by atoms with E-state index in [-0.39, 0.29) is 32.8 Å². The van der Waals surface area contributed by atoms with Crippen LogP contribution in [0.5, 0.6) is 0 Å². The van der Waals surface area contributed by atoms with Crippen molar-refractivity contribution in [1.29, 1.82) is 0 Å². The van der Waals surface area contributed by atoms with Crippen molar-refractivity contribution in [2.24, 2.45) is 16.6 Å². The van der Waals surface area contributed by atoms with Crippen LogP contribution in [-0.4, -0.2) is 32.4 Å². The average Bonchev–Trinajstić information content (AvgIpc) is 2.14. The minimum Gasteiger partial charge on any atom is -0.475 e. The largest absolute Gasteiger partial charge is 2.00 e. The monoisotopic (exact) mass is 398 g/mol. The number of nitrogens with zero attached hydrogens (tertiary/aromatic N) is 1. The van der Waals surface area contributed by atoms with Crippen LogP contribution in [0.25, 0.3) is 0 Å². The molecule has 0 rings (SSSR count). The summed E-state index contributed by atoms with van der Waals surface area (Å²) in [6.07, 6.45) is 0.476. The molecule has 0 amide bonds. The second-order valence-electron chi connectivity index (χ2n) is 3.19. The Morgan fingerprint density at radius 3 is 2.31 bits per heavy atom. The number of Topliss-reactive ketones (excluding diaryl/α,β-unsaturated/α-hetero) is 1. The molecule has 1 unspecified atom stereocenters. The first-order valence-electron chi connectivity index (χ1n) is 4.72. The second-order valence-corrected chi connectivity index (χ2v) is 3.19. The van der Waals surface area contributed by atoms with Gasteiger partial charge in [0.2, 0.25) is 0 Å². The molecule has 0 aromatic carbocycles. The minimum absolute atomic E-state index is 0.